The van der Waals surface area contributed by atoms with Crippen molar-refractivity contribution < 1.29 is 0 Å². The molecule has 0 spiro atoms. The number of H-pyrrole nitrogens is 4. The lowest BCUT2D eigenvalue weighted by Crippen LogP contribution is -1.85. The van der Waals surface area contributed by atoms with Gasteiger partial charge in [0.15, 0.2) is 0 Å². The van der Waals surface area contributed by atoms with Crippen molar-refractivity contribution in [1.29, 1.82) is 0 Å². The third-order valence-corrected chi connectivity index (χ3v) is 11.5. The van der Waals surface area contributed by atoms with Crippen LogP contribution in [0, 0.1) is 0 Å². The Morgan fingerprint density at radius 2 is 0.577 bits per heavy atom. The van der Waals surface area contributed by atoms with Gasteiger partial charge in [0.2, 0.25) is 0 Å². The molecule has 8 bridgehead atoms. The van der Waals surface area contributed by atoms with Crippen molar-refractivity contribution >= 4 is 108 Å². The van der Waals surface area contributed by atoms with Crippen LogP contribution in [0.15, 0.2) is 163 Å². The number of fused-ring (bicyclic) bond motifs is 8. The van der Waals surface area contributed by atoms with Crippen LogP contribution in [-0.4, -0.2) is 19.9 Å². The lowest BCUT2D eigenvalue weighted by Gasteiger charge is -2.05. The largest absolute Gasteiger partial charge is 0.354 e. The molecule has 4 aromatic carbocycles. The van der Waals surface area contributed by atoms with Crippen LogP contribution in [-0.2, 0) is 0 Å². The van der Waals surface area contributed by atoms with Gasteiger partial charge in [-0.25, -0.2) is 0 Å². The van der Waals surface area contributed by atoms with E-state index in [-0.39, 0.29) is 0 Å². The number of nitrogens with one attached hydrogen (secondary N) is 4. The van der Waals surface area contributed by atoms with Crippen molar-refractivity contribution in [3.05, 3.63) is 163 Å². The van der Waals surface area contributed by atoms with E-state index in [1.807, 2.05) is 0 Å². The van der Waals surface area contributed by atoms with Gasteiger partial charge in [0, 0.05) is 76.4 Å². The summed E-state index contributed by atoms with van der Waals surface area (Å²) in [5.41, 5.74) is 16.8. The van der Waals surface area contributed by atoms with Crippen LogP contribution >= 0.6 is 63.7 Å². The number of aromatic nitrogens is 4. The van der Waals surface area contributed by atoms with E-state index in [4.69, 9.17) is 0 Å². The molecule has 4 N–H and O–H groups in total. The number of halogens is 4. The van der Waals surface area contributed by atoms with Gasteiger partial charge in [-0.3, -0.25) is 0 Å². The molecule has 0 radical (unpaired) electrons. The molecular weight excluding hydrogens is 904 g/mol. The summed E-state index contributed by atoms with van der Waals surface area (Å²) >= 11 is 14.6. The Morgan fingerprint density at radius 3 is 0.962 bits per heavy atom. The van der Waals surface area contributed by atoms with Gasteiger partial charge in [0.1, 0.15) is 33.2 Å². The van der Waals surface area contributed by atoms with Gasteiger partial charge < -0.3 is 19.9 Å². The molecule has 250 valence electrons. The topological polar surface area (TPSA) is 63.2 Å². The maximum Gasteiger partial charge on any atom is 0.126 e. The van der Waals surface area contributed by atoms with Gasteiger partial charge in [-0.2, -0.15) is 0 Å². The zero-order valence-corrected chi connectivity index (χ0v) is 33.7. The Labute approximate surface area is 333 Å². The molecule has 0 aliphatic rings. The van der Waals surface area contributed by atoms with Gasteiger partial charge >= 0.3 is 0 Å². The quantitative estimate of drug-likeness (QED) is 0.127. The second kappa shape index (κ2) is 13.7. The molecule has 0 aliphatic carbocycles. The predicted molar refractivity (Wildman–Crippen MR) is 233 cm³/mol. The molecule has 0 fully saturated rings. The first-order chi connectivity index (χ1) is 25.4. The SMILES string of the molecule is Brc1ccc(-c2c3ccc([nH]3)c(-c3ccc(Br)cc3)c3ccc([nH]3)[c+](-c3ccc(Br)cc3)c3ccc([nH]3)[c+](-c3ccc(Br)cc3)c3ccc2[nH]3)cc1. The van der Waals surface area contributed by atoms with Crippen molar-refractivity contribution in [3.8, 4) is 44.5 Å². The molecule has 0 aliphatic heterocycles. The van der Waals surface area contributed by atoms with E-state index in [2.05, 4.69) is 229 Å². The first-order valence-electron chi connectivity index (χ1n) is 16.7. The van der Waals surface area contributed by atoms with Crippen LogP contribution in [0.4, 0.5) is 0 Å². The molecule has 52 heavy (non-hydrogen) atoms. The fraction of sp³-hybridized carbons (Fsp3) is 0. The predicted octanol–water partition coefficient (Wildman–Crippen LogP) is 15.0. The standard InChI is InChI=1S/C44H28Br4N4/c45-29-9-1-25(2-10-29)41-33-17-19-35(49-33)42(26-3-11-30(46)12-4-26)37-21-23-39(51-37)44(28-7-15-32(48)16-8-28)40-24-22-38(52-40)43(36-20-18-34(41)50-36)27-5-13-31(47)14-6-27/h1-24,49-52H/q+2. The average Bonchev–Trinajstić information content (AvgIpc) is 3.99. The zero-order valence-electron chi connectivity index (χ0n) is 27.4. The Hall–Kier alpha value is -4.60. The fourth-order valence-electron chi connectivity index (χ4n) is 7.04. The van der Waals surface area contributed by atoms with E-state index < -0.39 is 0 Å². The van der Waals surface area contributed by atoms with Gasteiger partial charge in [0.25, 0.3) is 0 Å². The highest BCUT2D eigenvalue weighted by atomic mass is 79.9. The minimum absolute atomic E-state index is 1.01. The Morgan fingerprint density at radius 1 is 0.288 bits per heavy atom. The molecule has 5 heterocycles. The van der Waals surface area contributed by atoms with Crippen LogP contribution in [0.3, 0.4) is 0 Å². The molecule has 4 nitrogen and oxygen atoms in total. The lowest BCUT2D eigenvalue weighted by molar-refractivity contribution is 1.48. The minimum atomic E-state index is 1.01. The molecule has 9 aromatic rings. The molecule has 0 saturated carbocycles. The number of hydrogen-bond donors (Lipinski definition) is 4. The average molecular weight is 932 g/mol. The second-order valence-corrected chi connectivity index (χ2v) is 16.3. The summed E-state index contributed by atoms with van der Waals surface area (Å²) in [7, 11) is 0. The highest BCUT2D eigenvalue weighted by molar-refractivity contribution is 9.11. The number of hydrogen-bond acceptors (Lipinski definition) is 0. The first-order valence-corrected chi connectivity index (χ1v) is 19.9. The summed E-state index contributed by atoms with van der Waals surface area (Å²) in [5.74, 6) is 0. The number of benzene rings is 4. The molecule has 0 unspecified atom stereocenters. The van der Waals surface area contributed by atoms with Gasteiger partial charge in [0.05, 0.1) is 34.3 Å². The Bertz CT molecular complexity index is 2370. The number of rotatable bonds is 4. The highest BCUT2D eigenvalue weighted by Gasteiger charge is 2.19. The molecule has 8 heteroatoms. The summed E-state index contributed by atoms with van der Waals surface area (Å²) in [4.78, 5) is 15.4. The van der Waals surface area contributed by atoms with Crippen molar-refractivity contribution in [2.75, 3.05) is 0 Å². The van der Waals surface area contributed by atoms with E-state index in [9.17, 15) is 0 Å². The van der Waals surface area contributed by atoms with Crippen LogP contribution < -0.4 is 0 Å². The van der Waals surface area contributed by atoms with Crippen molar-refractivity contribution in [2.24, 2.45) is 0 Å². The Balaban J connectivity index is 1.48. The van der Waals surface area contributed by atoms with Crippen LogP contribution in [0.5, 0.6) is 0 Å². The summed E-state index contributed by atoms with van der Waals surface area (Å²) < 4.78 is 4.13. The highest BCUT2D eigenvalue weighted by Crippen LogP contribution is 2.38. The van der Waals surface area contributed by atoms with E-state index in [0.29, 0.717) is 0 Å². The maximum absolute atomic E-state index is 3.85. The number of aromatic amines is 4. The molecule has 0 saturated heterocycles. The normalized spacial score (nSPS) is 11.5. The van der Waals surface area contributed by atoms with E-state index in [1.165, 1.54) is 0 Å². The minimum Gasteiger partial charge on any atom is -0.354 e. The second-order valence-electron chi connectivity index (χ2n) is 12.7. The molecular formula is C44H28Br4N4+2. The molecule has 9 rings (SSSR count). The molecule has 0 amide bonds. The van der Waals surface area contributed by atoms with Crippen molar-refractivity contribution in [2.45, 2.75) is 0 Å². The summed E-state index contributed by atoms with van der Waals surface area (Å²) in [6, 6.07) is 51.5. The van der Waals surface area contributed by atoms with Crippen LogP contribution in [0.25, 0.3) is 88.6 Å². The Kier molecular flexibility index (Phi) is 8.79. The molecule has 0 atom stereocenters. The summed E-state index contributed by atoms with van der Waals surface area (Å²) in [6.45, 7) is 0. The van der Waals surface area contributed by atoms with Crippen LogP contribution in [0.2, 0.25) is 0 Å². The third-order valence-electron chi connectivity index (χ3n) is 9.43. The maximum atomic E-state index is 3.85. The van der Waals surface area contributed by atoms with E-state index in [1.54, 1.807) is 0 Å². The molecule has 5 aromatic heterocycles. The van der Waals surface area contributed by atoms with Crippen LogP contribution in [0.1, 0.15) is 0 Å². The summed E-state index contributed by atoms with van der Waals surface area (Å²) in [5, 5.41) is 0. The van der Waals surface area contributed by atoms with E-state index in [0.717, 1.165) is 107 Å². The third kappa shape index (κ3) is 6.28. The van der Waals surface area contributed by atoms with E-state index >= 15 is 0 Å². The first kappa shape index (κ1) is 33.3. The monoisotopic (exact) mass is 928 g/mol. The smallest absolute Gasteiger partial charge is 0.126 e. The fourth-order valence-corrected chi connectivity index (χ4v) is 8.09. The zero-order chi connectivity index (χ0) is 35.3. The lowest BCUT2D eigenvalue weighted by atomic mass is 10.1. The van der Waals surface area contributed by atoms with Gasteiger partial charge in [-0.1, -0.05) is 56.1 Å². The van der Waals surface area contributed by atoms with Crippen molar-refractivity contribution in [3.63, 3.8) is 0 Å². The van der Waals surface area contributed by atoms with Gasteiger partial charge in [-0.15, -0.1) is 0 Å². The van der Waals surface area contributed by atoms with Gasteiger partial charge in [-0.05, 0) is 116 Å². The summed E-state index contributed by atoms with van der Waals surface area (Å²) in [6.07, 6.45) is 0. The van der Waals surface area contributed by atoms with Crippen molar-refractivity contribution in [1.82, 2.24) is 19.9 Å².